The quantitative estimate of drug-likeness (QED) is 0.861. The molecule has 0 spiro atoms. The number of amides is 3. The van der Waals surface area contributed by atoms with Gasteiger partial charge in [0.15, 0.2) is 11.5 Å². The van der Waals surface area contributed by atoms with Crippen molar-refractivity contribution in [3.63, 3.8) is 0 Å². The number of carbonyl (C=O) groups excluding carboxylic acids is 2. The van der Waals surface area contributed by atoms with Crippen LogP contribution in [0.4, 0.5) is 10.5 Å². The monoisotopic (exact) mass is 335 g/mol. The molecule has 0 aliphatic carbocycles. The molecule has 0 radical (unpaired) electrons. The maximum atomic E-state index is 12.3. The number of hydrogen-bond donors (Lipinski definition) is 1. The summed E-state index contributed by atoms with van der Waals surface area (Å²) in [6, 6.07) is 5.02. The molecule has 7 heteroatoms. The summed E-state index contributed by atoms with van der Waals surface area (Å²) in [4.78, 5) is 27.8. The highest BCUT2D eigenvalue weighted by Crippen LogP contribution is 2.33. The highest BCUT2D eigenvalue weighted by atomic mass is 16.5. The van der Waals surface area contributed by atoms with Gasteiger partial charge in [-0.05, 0) is 26.0 Å². The van der Waals surface area contributed by atoms with E-state index in [9.17, 15) is 9.59 Å². The molecule has 1 saturated heterocycles. The van der Waals surface area contributed by atoms with E-state index in [2.05, 4.69) is 5.32 Å². The first kappa shape index (κ1) is 17.9. The van der Waals surface area contributed by atoms with Gasteiger partial charge in [-0.25, -0.2) is 4.79 Å². The molecule has 1 aliphatic rings. The van der Waals surface area contributed by atoms with Crippen LogP contribution < -0.4 is 19.7 Å². The van der Waals surface area contributed by atoms with Gasteiger partial charge in [0.25, 0.3) is 0 Å². The second-order valence-corrected chi connectivity index (χ2v) is 5.57. The summed E-state index contributed by atoms with van der Waals surface area (Å²) in [5, 5.41) is 2.93. The third kappa shape index (κ3) is 3.72. The topological polar surface area (TPSA) is 71.1 Å². The molecular formula is C17H25N3O4. The summed E-state index contributed by atoms with van der Waals surface area (Å²) in [7, 11) is 3.12. The van der Waals surface area contributed by atoms with Crippen LogP contribution in [0.3, 0.4) is 0 Å². The normalized spacial score (nSPS) is 16.9. The zero-order chi connectivity index (χ0) is 17.7. The van der Waals surface area contributed by atoms with Crippen LogP contribution >= 0.6 is 0 Å². The molecule has 0 aromatic heterocycles. The largest absolute Gasteiger partial charge is 0.493 e. The fraction of sp³-hybridized carbons (Fsp3) is 0.529. The van der Waals surface area contributed by atoms with Crippen molar-refractivity contribution in [1.82, 2.24) is 10.2 Å². The lowest BCUT2D eigenvalue weighted by Crippen LogP contribution is -2.45. The minimum atomic E-state index is -0.196. The molecule has 24 heavy (non-hydrogen) atoms. The molecule has 132 valence electrons. The molecule has 1 fully saturated rings. The number of benzene rings is 1. The second-order valence-electron chi connectivity index (χ2n) is 5.57. The van der Waals surface area contributed by atoms with Gasteiger partial charge in [0.2, 0.25) is 5.91 Å². The Labute approximate surface area is 142 Å². The van der Waals surface area contributed by atoms with Crippen LogP contribution in [0, 0.1) is 0 Å². The van der Waals surface area contributed by atoms with Crippen LogP contribution in [-0.4, -0.2) is 56.7 Å². The first-order chi connectivity index (χ1) is 11.5. The molecule has 1 aliphatic heterocycles. The lowest BCUT2D eigenvalue weighted by molar-refractivity contribution is -0.117. The predicted molar refractivity (Wildman–Crippen MR) is 91.8 cm³/mol. The summed E-state index contributed by atoms with van der Waals surface area (Å²) in [5.74, 6) is 1.16. The molecule has 0 bridgehead atoms. The van der Waals surface area contributed by atoms with Crippen molar-refractivity contribution in [1.29, 1.82) is 0 Å². The Kier molecular flexibility index (Phi) is 5.89. The van der Waals surface area contributed by atoms with Gasteiger partial charge in [-0.1, -0.05) is 0 Å². The standard InChI is InChI=1S/C17H25N3O4/c1-5-19(6-2)17(22)18-12-9-16(21)20(11-12)13-7-8-14(23-3)15(10-13)24-4/h7-8,10,12H,5-6,9,11H2,1-4H3,(H,18,22)/t12-/m0/s1. The summed E-state index contributed by atoms with van der Waals surface area (Å²) in [5.41, 5.74) is 0.734. The average Bonchev–Trinajstić information content (AvgIpc) is 2.95. The van der Waals surface area contributed by atoms with Gasteiger partial charge in [0.1, 0.15) is 0 Å². The van der Waals surface area contributed by atoms with Gasteiger partial charge >= 0.3 is 6.03 Å². The summed E-state index contributed by atoms with van der Waals surface area (Å²) in [6.07, 6.45) is 0.293. The smallest absolute Gasteiger partial charge is 0.317 e. The maximum absolute atomic E-state index is 12.3. The number of rotatable bonds is 6. The third-order valence-electron chi connectivity index (χ3n) is 4.18. The molecule has 7 nitrogen and oxygen atoms in total. The Morgan fingerprint density at radius 3 is 2.50 bits per heavy atom. The van der Waals surface area contributed by atoms with Crippen LogP contribution in [0.5, 0.6) is 11.5 Å². The zero-order valence-electron chi connectivity index (χ0n) is 14.7. The Bertz CT molecular complexity index is 601. The van der Waals surface area contributed by atoms with Crippen LogP contribution in [0.2, 0.25) is 0 Å². The fourth-order valence-electron chi connectivity index (χ4n) is 2.82. The number of ether oxygens (including phenoxy) is 2. The van der Waals surface area contributed by atoms with Crippen LogP contribution in [0.25, 0.3) is 0 Å². The number of anilines is 1. The van der Waals surface area contributed by atoms with Crippen molar-refractivity contribution in [2.45, 2.75) is 26.3 Å². The molecule has 0 saturated carbocycles. The van der Waals surface area contributed by atoms with Gasteiger partial charge in [-0.15, -0.1) is 0 Å². The molecule has 1 aromatic rings. The zero-order valence-corrected chi connectivity index (χ0v) is 14.7. The van der Waals surface area contributed by atoms with E-state index in [1.807, 2.05) is 19.9 Å². The van der Waals surface area contributed by atoms with Crippen molar-refractivity contribution >= 4 is 17.6 Å². The van der Waals surface area contributed by atoms with Crippen molar-refractivity contribution < 1.29 is 19.1 Å². The summed E-state index contributed by atoms with van der Waals surface area (Å²) in [6.45, 7) is 5.59. The average molecular weight is 335 g/mol. The molecule has 3 amide bonds. The number of nitrogens with one attached hydrogen (secondary N) is 1. The first-order valence-corrected chi connectivity index (χ1v) is 8.11. The fourth-order valence-corrected chi connectivity index (χ4v) is 2.82. The molecule has 0 unspecified atom stereocenters. The number of carbonyl (C=O) groups is 2. The van der Waals surface area contributed by atoms with E-state index in [1.54, 1.807) is 36.2 Å². The molecule has 1 aromatic carbocycles. The van der Waals surface area contributed by atoms with Crippen molar-refractivity contribution in [2.24, 2.45) is 0 Å². The predicted octanol–water partition coefficient (Wildman–Crippen LogP) is 1.86. The number of urea groups is 1. The van der Waals surface area contributed by atoms with E-state index in [0.29, 0.717) is 37.6 Å². The molecule has 1 heterocycles. The number of nitrogens with zero attached hydrogens (tertiary/aromatic N) is 2. The lowest BCUT2D eigenvalue weighted by Gasteiger charge is -2.22. The van der Waals surface area contributed by atoms with Gasteiger partial charge in [-0.2, -0.15) is 0 Å². The van der Waals surface area contributed by atoms with E-state index >= 15 is 0 Å². The van der Waals surface area contributed by atoms with Gasteiger partial charge < -0.3 is 24.6 Å². The third-order valence-corrected chi connectivity index (χ3v) is 4.18. The van der Waals surface area contributed by atoms with Gasteiger partial charge in [-0.3, -0.25) is 4.79 Å². The molecular weight excluding hydrogens is 310 g/mol. The highest BCUT2D eigenvalue weighted by Gasteiger charge is 2.32. The van der Waals surface area contributed by atoms with Gasteiger partial charge in [0.05, 0.1) is 20.3 Å². The van der Waals surface area contributed by atoms with E-state index in [1.165, 1.54) is 0 Å². The second kappa shape index (κ2) is 7.90. The van der Waals surface area contributed by atoms with E-state index < -0.39 is 0 Å². The van der Waals surface area contributed by atoms with Crippen molar-refractivity contribution in [3.8, 4) is 11.5 Å². The minimum Gasteiger partial charge on any atom is -0.493 e. The Morgan fingerprint density at radius 2 is 1.92 bits per heavy atom. The SMILES string of the molecule is CCN(CC)C(=O)N[C@H]1CC(=O)N(c2ccc(OC)c(OC)c2)C1. The highest BCUT2D eigenvalue weighted by molar-refractivity contribution is 5.97. The van der Waals surface area contributed by atoms with E-state index in [0.717, 1.165) is 5.69 Å². The Balaban J connectivity index is 2.08. The first-order valence-electron chi connectivity index (χ1n) is 8.11. The lowest BCUT2D eigenvalue weighted by atomic mass is 10.2. The Morgan fingerprint density at radius 1 is 1.25 bits per heavy atom. The maximum Gasteiger partial charge on any atom is 0.317 e. The van der Waals surface area contributed by atoms with Crippen LogP contribution in [-0.2, 0) is 4.79 Å². The number of methoxy groups -OCH3 is 2. The summed E-state index contributed by atoms with van der Waals surface area (Å²) >= 11 is 0. The van der Waals surface area contributed by atoms with Crippen molar-refractivity contribution in [2.75, 3.05) is 38.8 Å². The molecule has 1 N–H and O–H groups in total. The van der Waals surface area contributed by atoms with E-state index in [4.69, 9.17) is 9.47 Å². The molecule has 2 rings (SSSR count). The van der Waals surface area contributed by atoms with E-state index in [-0.39, 0.29) is 18.0 Å². The van der Waals surface area contributed by atoms with Gasteiger partial charge in [0, 0.05) is 37.8 Å². The molecule has 1 atom stereocenters. The number of hydrogen-bond acceptors (Lipinski definition) is 4. The minimum absolute atomic E-state index is 0.0212. The Hall–Kier alpha value is -2.44. The van der Waals surface area contributed by atoms with Crippen molar-refractivity contribution in [3.05, 3.63) is 18.2 Å². The summed E-state index contributed by atoms with van der Waals surface area (Å²) < 4.78 is 10.5. The van der Waals surface area contributed by atoms with Crippen LogP contribution in [0.1, 0.15) is 20.3 Å². The van der Waals surface area contributed by atoms with Crippen LogP contribution in [0.15, 0.2) is 18.2 Å².